The van der Waals surface area contributed by atoms with E-state index in [1.807, 2.05) is 20.8 Å². The number of amides is 1. The largest absolute Gasteiger partial charge is 0.467 e. The summed E-state index contributed by atoms with van der Waals surface area (Å²) in [5, 5.41) is 2.67. The van der Waals surface area contributed by atoms with E-state index in [9.17, 15) is 9.59 Å². The predicted molar refractivity (Wildman–Crippen MR) is 75.0 cm³/mol. The number of nitrogens with one attached hydrogen (secondary N) is 1. The van der Waals surface area contributed by atoms with Gasteiger partial charge in [-0.25, -0.2) is 4.79 Å². The van der Waals surface area contributed by atoms with Gasteiger partial charge in [-0.1, -0.05) is 13.8 Å². The zero-order valence-corrected chi connectivity index (χ0v) is 13.2. The van der Waals surface area contributed by atoms with Crippen molar-refractivity contribution in [2.45, 2.75) is 58.2 Å². The third-order valence-corrected chi connectivity index (χ3v) is 4.36. The Morgan fingerprint density at radius 1 is 1.40 bits per heavy atom. The van der Waals surface area contributed by atoms with E-state index in [-0.39, 0.29) is 12.0 Å². The monoisotopic (exact) mass is 286 g/mol. The molecule has 1 rings (SSSR count). The summed E-state index contributed by atoms with van der Waals surface area (Å²) in [4.78, 5) is 24.1. The Bertz CT molecular complexity index is 406. The topological polar surface area (TPSA) is 90.6 Å². The molecule has 116 valence electrons. The lowest BCUT2D eigenvalue weighted by Crippen LogP contribution is -2.77. The van der Waals surface area contributed by atoms with Crippen LogP contribution in [0.2, 0.25) is 0 Å². The summed E-state index contributed by atoms with van der Waals surface area (Å²) in [6.07, 6.45) is 0.390. The van der Waals surface area contributed by atoms with E-state index >= 15 is 0 Å². The Hall–Kier alpha value is -1.14. The molecule has 6 nitrogen and oxygen atoms in total. The molecule has 0 spiro atoms. The van der Waals surface area contributed by atoms with Gasteiger partial charge in [0.25, 0.3) is 0 Å². The SMILES string of the molecule is CCOC1CC(N)(C(=O)NC(C)(C)C(=O)OC)C1(C)C. The number of methoxy groups -OCH3 is 1. The highest BCUT2D eigenvalue weighted by atomic mass is 16.5. The Morgan fingerprint density at radius 2 is 1.95 bits per heavy atom. The van der Waals surface area contributed by atoms with Crippen molar-refractivity contribution in [3.8, 4) is 0 Å². The van der Waals surface area contributed by atoms with Gasteiger partial charge in [-0.05, 0) is 20.8 Å². The molecule has 2 atom stereocenters. The fraction of sp³-hybridized carbons (Fsp3) is 0.857. The molecule has 6 heteroatoms. The maximum absolute atomic E-state index is 12.4. The van der Waals surface area contributed by atoms with Gasteiger partial charge in [0.15, 0.2) is 0 Å². The van der Waals surface area contributed by atoms with Crippen molar-refractivity contribution in [3.05, 3.63) is 0 Å². The van der Waals surface area contributed by atoms with Gasteiger partial charge in [0.1, 0.15) is 11.1 Å². The first-order valence-electron chi connectivity index (χ1n) is 6.84. The Kier molecular flexibility index (Phi) is 4.51. The van der Waals surface area contributed by atoms with Gasteiger partial charge in [-0.2, -0.15) is 0 Å². The minimum atomic E-state index is -1.11. The maximum Gasteiger partial charge on any atom is 0.330 e. The van der Waals surface area contributed by atoms with Gasteiger partial charge in [0.2, 0.25) is 5.91 Å². The highest BCUT2D eigenvalue weighted by molar-refractivity contribution is 5.93. The molecule has 2 unspecified atom stereocenters. The third kappa shape index (κ3) is 2.54. The number of carbonyl (C=O) groups is 2. The Labute approximate surface area is 120 Å². The third-order valence-electron chi connectivity index (χ3n) is 4.36. The molecule has 0 aromatic carbocycles. The van der Waals surface area contributed by atoms with E-state index in [1.165, 1.54) is 7.11 Å². The first-order valence-corrected chi connectivity index (χ1v) is 6.84. The lowest BCUT2D eigenvalue weighted by atomic mass is 9.54. The molecule has 0 aromatic heterocycles. The van der Waals surface area contributed by atoms with Crippen LogP contribution in [0.25, 0.3) is 0 Å². The molecule has 20 heavy (non-hydrogen) atoms. The van der Waals surface area contributed by atoms with Gasteiger partial charge in [-0.3, -0.25) is 4.79 Å². The van der Waals surface area contributed by atoms with Crippen molar-refractivity contribution >= 4 is 11.9 Å². The zero-order chi connectivity index (χ0) is 15.8. The Balaban J connectivity index is 2.81. The second kappa shape index (κ2) is 5.33. The minimum Gasteiger partial charge on any atom is -0.467 e. The van der Waals surface area contributed by atoms with Crippen LogP contribution in [-0.2, 0) is 19.1 Å². The van der Waals surface area contributed by atoms with Crippen LogP contribution in [0.4, 0.5) is 0 Å². The van der Waals surface area contributed by atoms with Crippen LogP contribution < -0.4 is 11.1 Å². The van der Waals surface area contributed by atoms with E-state index in [2.05, 4.69) is 10.1 Å². The van der Waals surface area contributed by atoms with Gasteiger partial charge < -0.3 is 20.5 Å². The van der Waals surface area contributed by atoms with Crippen molar-refractivity contribution in [2.24, 2.45) is 11.1 Å². The van der Waals surface area contributed by atoms with E-state index in [4.69, 9.17) is 10.5 Å². The molecule has 1 saturated carbocycles. The van der Waals surface area contributed by atoms with Crippen molar-refractivity contribution in [1.82, 2.24) is 5.32 Å². The van der Waals surface area contributed by atoms with Gasteiger partial charge in [0, 0.05) is 18.4 Å². The average molecular weight is 286 g/mol. The summed E-state index contributed by atoms with van der Waals surface area (Å²) < 4.78 is 10.3. The molecule has 0 bridgehead atoms. The number of ether oxygens (including phenoxy) is 2. The average Bonchev–Trinajstić information content (AvgIpc) is 2.36. The van der Waals surface area contributed by atoms with Crippen molar-refractivity contribution in [1.29, 1.82) is 0 Å². The number of nitrogens with two attached hydrogens (primary N) is 1. The standard InChI is InChI=1S/C14H26N2O4/c1-7-20-9-8-14(15,12(9,2)3)10(17)16-13(4,5)11(18)19-6/h9H,7-8,15H2,1-6H3,(H,16,17). The minimum absolute atomic E-state index is 0.0514. The van der Waals surface area contributed by atoms with E-state index in [0.29, 0.717) is 13.0 Å². The lowest BCUT2D eigenvalue weighted by Gasteiger charge is -2.58. The molecule has 0 heterocycles. The van der Waals surface area contributed by atoms with Crippen LogP contribution in [0.5, 0.6) is 0 Å². The normalized spacial score (nSPS) is 28.4. The summed E-state index contributed by atoms with van der Waals surface area (Å²) in [5.41, 5.74) is 3.61. The summed E-state index contributed by atoms with van der Waals surface area (Å²) in [6.45, 7) is 9.48. The van der Waals surface area contributed by atoms with Crippen LogP contribution in [0.15, 0.2) is 0 Å². The first-order chi connectivity index (χ1) is 9.03. The molecule has 0 saturated heterocycles. The highest BCUT2D eigenvalue weighted by Crippen LogP contribution is 2.50. The van der Waals surface area contributed by atoms with Gasteiger partial charge >= 0.3 is 5.97 Å². The number of hydrogen-bond donors (Lipinski definition) is 2. The number of esters is 1. The van der Waals surface area contributed by atoms with Crippen molar-refractivity contribution < 1.29 is 19.1 Å². The fourth-order valence-electron chi connectivity index (χ4n) is 2.52. The Morgan fingerprint density at radius 3 is 2.35 bits per heavy atom. The molecule has 0 aromatic rings. The van der Waals surface area contributed by atoms with Crippen LogP contribution in [0.3, 0.4) is 0 Å². The summed E-state index contributed by atoms with van der Waals surface area (Å²) in [7, 11) is 1.28. The summed E-state index contributed by atoms with van der Waals surface area (Å²) in [6, 6.07) is 0. The molecule has 1 amide bonds. The molecule has 1 fully saturated rings. The number of carbonyl (C=O) groups excluding carboxylic acids is 2. The quantitative estimate of drug-likeness (QED) is 0.722. The van der Waals surface area contributed by atoms with E-state index in [1.54, 1.807) is 13.8 Å². The van der Waals surface area contributed by atoms with Crippen LogP contribution in [0, 0.1) is 5.41 Å². The zero-order valence-electron chi connectivity index (χ0n) is 13.2. The van der Waals surface area contributed by atoms with E-state index in [0.717, 1.165) is 0 Å². The van der Waals surface area contributed by atoms with Crippen LogP contribution in [0.1, 0.15) is 41.0 Å². The van der Waals surface area contributed by atoms with Crippen molar-refractivity contribution in [3.63, 3.8) is 0 Å². The highest BCUT2D eigenvalue weighted by Gasteiger charge is 2.63. The fourth-order valence-corrected chi connectivity index (χ4v) is 2.52. The number of rotatable bonds is 5. The van der Waals surface area contributed by atoms with Gasteiger partial charge in [0.05, 0.1) is 13.2 Å². The van der Waals surface area contributed by atoms with Gasteiger partial charge in [-0.15, -0.1) is 0 Å². The second-order valence-electron chi connectivity index (χ2n) is 6.41. The maximum atomic E-state index is 12.4. The molecular weight excluding hydrogens is 260 g/mol. The second-order valence-corrected chi connectivity index (χ2v) is 6.41. The van der Waals surface area contributed by atoms with E-state index < -0.39 is 22.5 Å². The molecule has 1 aliphatic rings. The number of hydrogen-bond acceptors (Lipinski definition) is 5. The molecule has 1 aliphatic carbocycles. The molecular formula is C14H26N2O4. The molecule has 0 aliphatic heterocycles. The summed E-state index contributed by atoms with van der Waals surface area (Å²) >= 11 is 0. The van der Waals surface area contributed by atoms with Crippen molar-refractivity contribution in [2.75, 3.05) is 13.7 Å². The van der Waals surface area contributed by atoms with Crippen LogP contribution in [-0.4, -0.2) is 42.8 Å². The lowest BCUT2D eigenvalue weighted by molar-refractivity contribution is -0.173. The smallest absolute Gasteiger partial charge is 0.330 e. The summed E-state index contributed by atoms with van der Waals surface area (Å²) in [5.74, 6) is -0.859. The van der Waals surface area contributed by atoms with Crippen LogP contribution >= 0.6 is 0 Å². The first kappa shape index (κ1) is 16.9. The molecule has 3 N–H and O–H groups in total. The predicted octanol–water partition coefficient (Wildman–Crippen LogP) is 0.587. The molecule has 0 radical (unpaired) electrons.